The van der Waals surface area contributed by atoms with Crippen molar-refractivity contribution >= 4 is 60.7 Å². The predicted octanol–water partition coefficient (Wildman–Crippen LogP) is 15.8. The smallest absolute Gasteiger partial charge is 0.152 e. The fourth-order valence-corrected chi connectivity index (χ4v) is 11.1. The summed E-state index contributed by atoms with van der Waals surface area (Å²) < 4.78 is 0. The van der Waals surface area contributed by atoms with E-state index in [2.05, 4.69) is 206 Å². The van der Waals surface area contributed by atoms with Crippen LogP contribution >= 0.6 is 0 Å². The Morgan fingerprint density at radius 1 is 0.385 bits per heavy atom. The van der Waals surface area contributed by atoms with Crippen molar-refractivity contribution in [2.45, 2.75) is 5.41 Å². The van der Waals surface area contributed by atoms with Gasteiger partial charge in [0.1, 0.15) is 0 Å². The molecule has 0 unspecified atom stereocenters. The van der Waals surface area contributed by atoms with Crippen LogP contribution in [-0.2, 0) is 5.41 Å². The third kappa shape index (κ3) is 5.67. The lowest BCUT2D eigenvalue weighted by atomic mass is 9.70. The molecule has 2 aliphatic rings. The molecule has 0 saturated heterocycles. The summed E-state index contributed by atoms with van der Waals surface area (Å²) in [5.41, 5.74) is 15.8. The number of nitrogens with zero attached hydrogens (tertiary/aromatic N) is 1. The van der Waals surface area contributed by atoms with E-state index in [-0.39, 0.29) is 5.84 Å². The molecule has 13 rings (SSSR count). The number of rotatable bonds is 5. The van der Waals surface area contributed by atoms with Gasteiger partial charge in [0.25, 0.3) is 0 Å². The van der Waals surface area contributed by atoms with Crippen LogP contribution in [0.3, 0.4) is 0 Å². The van der Waals surface area contributed by atoms with Gasteiger partial charge in [-0.05, 0) is 135 Å². The molecule has 0 amide bonds. The molecular formula is C63H40N2. The number of allylic oxidation sites excluding steroid dienone is 1. The first-order chi connectivity index (χ1) is 32.1. The number of amidine groups is 1. The van der Waals surface area contributed by atoms with Gasteiger partial charge in [0.05, 0.1) is 11.1 Å². The molecule has 2 heteroatoms. The van der Waals surface area contributed by atoms with Crippen LogP contribution in [0.25, 0.3) is 82.5 Å². The van der Waals surface area contributed by atoms with Gasteiger partial charge in [-0.15, -0.1) is 0 Å². The molecule has 0 bridgehead atoms. The van der Waals surface area contributed by atoms with Gasteiger partial charge in [0.2, 0.25) is 0 Å². The summed E-state index contributed by atoms with van der Waals surface area (Å²) >= 11 is 0. The Morgan fingerprint density at radius 3 is 1.72 bits per heavy atom. The van der Waals surface area contributed by atoms with Crippen molar-refractivity contribution in [3.05, 3.63) is 269 Å². The van der Waals surface area contributed by atoms with Crippen molar-refractivity contribution in [2.24, 2.45) is 4.99 Å². The first-order valence-corrected chi connectivity index (χ1v) is 22.4. The van der Waals surface area contributed by atoms with Crippen molar-refractivity contribution in [3.63, 3.8) is 0 Å². The third-order valence-electron chi connectivity index (χ3n) is 13.9. The molecule has 65 heavy (non-hydrogen) atoms. The van der Waals surface area contributed by atoms with Gasteiger partial charge < -0.3 is 0 Å². The largest absolute Gasteiger partial charge is 0.282 e. The molecule has 0 atom stereocenters. The number of benzene rings is 11. The Labute approximate surface area is 377 Å². The topological polar surface area (TPSA) is 36.2 Å². The zero-order chi connectivity index (χ0) is 43.1. The quantitative estimate of drug-likeness (QED) is 0.0777. The summed E-state index contributed by atoms with van der Waals surface area (Å²) in [6.07, 6.45) is 4.22. The highest BCUT2D eigenvalue weighted by Gasteiger charge is 2.51. The Balaban J connectivity index is 0.916. The Morgan fingerprint density at radius 2 is 0.969 bits per heavy atom. The van der Waals surface area contributed by atoms with Crippen LogP contribution in [0.4, 0.5) is 0 Å². The molecule has 0 aliphatic heterocycles. The van der Waals surface area contributed by atoms with E-state index in [1.165, 1.54) is 93.3 Å². The lowest BCUT2D eigenvalue weighted by Gasteiger charge is -2.30. The summed E-state index contributed by atoms with van der Waals surface area (Å²) in [5.74, 6) is 0.223. The minimum Gasteiger partial charge on any atom is -0.282 e. The molecule has 0 saturated carbocycles. The van der Waals surface area contributed by atoms with Gasteiger partial charge in [-0.1, -0.05) is 206 Å². The molecule has 1 N–H and O–H groups in total. The minimum absolute atomic E-state index is 0.223. The molecule has 302 valence electrons. The van der Waals surface area contributed by atoms with Gasteiger partial charge >= 0.3 is 0 Å². The second kappa shape index (κ2) is 14.6. The van der Waals surface area contributed by atoms with Gasteiger partial charge in [0.15, 0.2) is 5.84 Å². The summed E-state index contributed by atoms with van der Waals surface area (Å²) in [6, 6.07) is 81.2. The van der Waals surface area contributed by atoms with E-state index in [0.717, 1.165) is 27.8 Å². The lowest BCUT2D eigenvalue weighted by molar-refractivity contribution is 0.793. The molecule has 11 aromatic carbocycles. The van der Waals surface area contributed by atoms with E-state index in [4.69, 9.17) is 4.99 Å². The van der Waals surface area contributed by atoms with Crippen LogP contribution in [0.2, 0.25) is 0 Å². The normalized spacial score (nSPS) is 13.4. The van der Waals surface area contributed by atoms with E-state index in [1.54, 1.807) is 0 Å². The van der Waals surface area contributed by atoms with Crippen LogP contribution in [0.5, 0.6) is 0 Å². The van der Waals surface area contributed by atoms with E-state index in [1.807, 2.05) is 30.3 Å². The average Bonchev–Trinajstić information content (AvgIpc) is 3.84. The SMILES string of the molecule is N=C(N=C(/C=C/c1ccc2cc(-c3c4ccccc4cc4c3ccc3ccccc34)ccc2c1)c1ccc2c(c1)-c1ccccc1C21c2ccccc2-c2ccccc21)c1ccccc1. The highest BCUT2D eigenvalue weighted by molar-refractivity contribution is 6.21. The Bertz CT molecular complexity index is 3810. The van der Waals surface area contributed by atoms with E-state index >= 15 is 0 Å². The molecule has 0 aromatic heterocycles. The molecule has 2 nitrogen and oxygen atoms in total. The number of hydrogen-bond donors (Lipinski definition) is 1. The predicted molar refractivity (Wildman–Crippen MR) is 273 cm³/mol. The summed E-state index contributed by atoms with van der Waals surface area (Å²) in [7, 11) is 0. The lowest BCUT2D eigenvalue weighted by Crippen LogP contribution is -2.25. The number of fused-ring (bicyclic) bond motifs is 15. The van der Waals surface area contributed by atoms with Crippen LogP contribution in [0, 0.1) is 5.41 Å². The summed E-state index contributed by atoms with van der Waals surface area (Å²) in [4.78, 5) is 5.06. The van der Waals surface area contributed by atoms with Gasteiger partial charge in [0, 0.05) is 11.1 Å². The second-order valence-corrected chi connectivity index (χ2v) is 17.4. The molecule has 1 spiro atoms. The van der Waals surface area contributed by atoms with Crippen molar-refractivity contribution in [2.75, 3.05) is 0 Å². The number of aliphatic imine (C=N–C) groups is 1. The first-order valence-electron chi connectivity index (χ1n) is 22.4. The summed E-state index contributed by atoms with van der Waals surface area (Å²) in [6.45, 7) is 0. The van der Waals surface area contributed by atoms with Crippen LogP contribution in [-0.4, -0.2) is 11.5 Å². The van der Waals surface area contributed by atoms with Crippen LogP contribution < -0.4 is 0 Å². The zero-order valence-corrected chi connectivity index (χ0v) is 35.5. The Kier molecular flexibility index (Phi) is 8.31. The van der Waals surface area contributed by atoms with E-state index < -0.39 is 5.41 Å². The highest BCUT2D eigenvalue weighted by atomic mass is 14.8. The fraction of sp³-hybridized carbons (Fsp3) is 0.0159. The Hall–Kier alpha value is -8.46. The zero-order valence-electron chi connectivity index (χ0n) is 35.5. The third-order valence-corrected chi connectivity index (χ3v) is 13.9. The molecule has 11 aromatic rings. The number of hydrogen-bond acceptors (Lipinski definition) is 1. The van der Waals surface area contributed by atoms with Gasteiger partial charge in [-0.25, -0.2) is 4.99 Å². The highest BCUT2D eigenvalue weighted by Crippen LogP contribution is 2.62. The van der Waals surface area contributed by atoms with Gasteiger partial charge in [-0.3, -0.25) is 5.41 Å². The molecule has 0 fully saturated rings. The molecule has 0 radical (unpaired) electrons. The first kappa shape index (κ1) is 37.1. The maximum atomic E-state index is 9.17. The van der Waals surface area contributed by atoms with Crippen molar-refractivity contribution in [3.8, 4) is 33.4 Å². The summed E-state index contributed by atoms with van der Waals surface area (Å²) in [5, 5.41) is 19.1. The molecular weight excluding hydrogens is 785 g/mol. The maximum Gasteiger partial charge on any atom is 0.152 e. The average molecular weight is 825 g/mol. The van der Waals surface area contributed by atoms with Gasteiger partial charge in [-0.2, -0.15) is 0 Å². The molecule has 2 aliphatic carbocycles. The molecule has 0 heterocycles. The number of nitrogens with one attached hydrogen (secondary N) is 1. The van der Waals surface area contributed by atoms with Crippen LogP contribution in [0.15, 0.2) is 236 Å². The van der Waals surface area contributed by atoms with Crippen molar-refractivity contribution in [1.82, 2.24) is 0 Å². The fourth-order valence-electron chi connectivity index (χ4n) is 11.1. The van der Waals surface area contributed by atoms with Crippen molar-refractivity contribution in [1.29, 1.82) is 5.41 Å². The van der Waals surface area contributed by atoms with Crippen LogP contribution in [0.1, 0.15) is 38.9 Å². The van der Waals surface area contributed by atoms with E-state index in [9.17, 15) is 5.41 Å². The standard InChI is InChI=1S/C63H40N2/c64-62(42-15-2-1-3-16-42)65-60(46-32-34-59-55(39-46)52-22-10-13-25-58(52)63(59)56-23-11-8-20-50(56)51-21-9-12-24-57(51)63)35-27-40-26-28-44-37-47(30-29-43(44)36-40)61-49-19-7-5-17-45(49)38-54-48-18-6-4-14-41(48)31-33-53(54)61/h1-39,64H/b35-27+,64-62?,65-60?. The monoisotopic (exact) mass is 824 g/mol. The minimum atomic E-state index is -0.415. The van der Waals surface area contributed by atoms with Crippen molar-refractivity contribution < 1.29 is 0 Å². The second-order valence-electron chi connectivity index (χ2n) is 17.4. The van der Waals surface area contributed by atoms with E-state index in [0.29, 0.717) is 0 Å². The maximum absolute atomic E-state index is 9.17.